The van der Waals surface area contributed by atoms with Gasteiger partial charge in [-0.05, 0) is 49.3 Å². The van der Waals surface area contributed by atoms with E-state index < -0.39 is 0 Å². The second kappa shape index (κ2) is 7.14. The zero-order valence-electron chi connectivity index (χ0n) is 13.4. The Morgan fingerprint density at radius 2 is 2.32 bits per heavy atom. The monoisotopic (exact) mass is 302 g/mol. The van der Waals surface area contributed by atoms with Gasteiger partial charge in [-0.15, -0.1) is 0 Å². The van der Waals surface area contributed by atoms with Crippen LogP contribution in [0.25, 0.3) is 0 Å². The number of hydrogen-bond donors (Lipinski definition) is 1. The Morgan fingerprint density at radius 1 is 1.41 bits per heavy atom. The second-order valence-electron chi connectivity index (χ2n) is 6.44. The predicted molar refractivity (Wildman–Crippen MR) is 88.1 cm³/mol. The van der Waals surface area contributed by atoms with Crippen molar-refractivity contribution in [3.63, 3.8) is 0 Å². The molecule has 1 atom stereocenters. The maximum absolute atomic E-state index is 11.9. The number of benzene rings is 1. The van der Waals surface area contributed by atoms with Gasteiger partial charge in [0.25, 0.3) is 0 Å². The van der Waals surface area contributed by atoms with Crippen molar-refractivity contribution in [1.29, 1.82) is 0 Å². The Bertz CT molecular complexity index is 524. The fourth-order valence-electron chi connectivity index (χ4n) is 3.40. The minimum Gasteiger partial charge on any atom is -0.378 e. The van der Waals surface area contributed by atoms with E-state index in [1.54, 1.807) is 0 Å². The molecule has 4 nitrogen and oxygen atoms in total. The molecule has 0 bridgehead atoms. The Morgan fingerprint density at radius 3 is 3.14 bits per heavy atom. The molecule has 1 aromatic carbocycles. The highest BCUT2D eigenvalue weighted by atomic mass is 16.5. The van der Waals surface area contributed by atoms with Crippen LogP contribution in [0.1, 0.15) is 43.2 Å². The van der Waals surface area contributed by atoms with Gasteiger partial charge >= 0.3 is 0 Å². The number of amides is 1. The minimum absolute atomic E-state index is 0.130. The smallest absolute Gasteiger partial charge is 0.220 e. The first kappa shape index (κ1) is 15.3. The molecule has 120 valence electrons. The van der Waals surface area contributed by atoms with Crippen molar-refractivity contribution in [3.05, 3.63) is 29.3 Å². The molecular weight excluding hydrogens is 276 g/mol. The molecule has 22 heavy (non-hydrogen) atoms. The second-order valence-corrected chi connectivity index (χ2v) is 6.44. The lowest BCUT2D eigenvalue weighted by Crippen LogP contribution is -2.26. The van der Waals surface area contributed by atoms with E-state index in [0.717, 1.165) is 38.8 Å². The zero-order valence-corrected chi connectivity index (χ0v) is 13.4. The summed E-state index contributed by atoms with van der Waals surface area (Å²) in [6.07, 6.45) is 6.30. The van der Waals surface area contributed by atoms with E-state index >= 15 is 0 Å². The van der Waals surface area contributed by atoms with Crippen LogP contribution in [0.15, 0.2) is 18.2 Å². The van der Waals surface area contributed by atoms with Crippen LogP contribution in [0.4, 0.5) is 5.69 Å². The van der Waals surface area contributed by atoms with Gasteiger partial charge < -0.3 is 15.0 Å². The molecule has 1 amide bonds. The summed E-state index contributed by atoms with van der Waals surface area (Å²) in [4.78, 5) is 14.2. The van der Waals surface area contributed by atoms with Crippen molar-refractivity contribution < 1.29 is 9.53 Å². The molecule has 2 heterocycles. The van der Waals surface area contributed by atoms with Crippen molar-refractivity contribution in [3.8, 4) is 0 Å². The highest BCUT2D eigenvalue weighted by Gasteiger charge is 2.17. The zero-order chi connectivity index (χ0) is 15.4. The van der Waals surface area contributed by atoms with E-state index in [2.05, 4.69) is 35.5 Å². The minimum atomic E-state index is 0.130. The summed E-state index contributed by atoms with van der Waals surface area (Å²) in [6.45, 7) is 2.61. The van der Waals surface area contributed by atoms with Crippen molar-refractivity contribution in [1.82, 2.24) is 5.32 Å². The van der Waals surface area contributed by atoms with Crippen LogP contribution < -0.4 is 10.2 Å². The molecule has 1 saturated heterocycles. The molecule has 1 fully saturated rings. The third-order valence-corrected chi connectivity index (χ3v) is 4.70. The van der Waals surface area contributed by atoms with E-state index in [1.165, 1.54) is 23.2 Å². The van der Waals surface area contributed by atoms with Gasteiger partial charge in [-0.3, -0.25) is 4.79 Å². The molecule has 2 aliphatic rings. The molecule has 1 N–H and O–H groups in total. The Kier molecular flexibility index (Phi) is 4.98. The molecule has 0 aliphatic carbocycles. The molecule has 0 spiro atoms. The highest BCUT2D eigenvalue weighted by molar-refractivity contribution is 5.75. The standard InChI is InChI=1S/C18H26N2O2/c1-20-10-2-4-15-12-14(6-8-17(15)20)13-19-18(21)9-7-16-5-3-11-22-16/h6,8,12,16H,2-5,7,9-11,13H2,1H3,(H,19,21). The van der Waals surface area contributed by atoms with Crippen molar-refractivity contribution in [2.24, 2.45) is 0 Å². The first-order valence-electron chi connectivity index (χ1n) is 8.43. The molecule has 2 aliphatic heterocycles. The number of ether oxygens (including phenoxy) is 1. The summed E-state index contributed by atoms with van der Waals surface area (Å²) < 4.78 is 5.55. The van der Waals surface area contributed by atoms with E-state index in [4.69, 9.17) is 4.74 Å². The van der Waals surface area contributed by atoms with Crippen LogP contribution in [0.3, 0.4) is 0 Å². The number of aryl methyl sites for hydroxylation is 1. The number of anilines is 1. The van der Waals surface area contributed by atoms with Gasteiger partial charge in [-0.25, -0.2) is 0 Å². The normalized spacial score (nSPS) is 20.8. The fourth-order valence-corrected chi connectivity index (χ4v) is 3.40. The van der Waals surface area contributed by atoms with Crippen LogP contribution in [0.5, 0.6) is 0 Å². The summed E-state index contributed by atoms with van der Waals surface area (Å²) >= 11 is 0. The highest BCUT2D eigenvalue weighted by Crippen LogP contribution is 2.26. The van der Waals surface area contributed by atoms with Gasteiger partial charge in [0.2, 0.25) is 5.91 Å². The van der Waals surface area contributed by atoms with E-state index in [0.29, 0.717) is 19.1 Å². The van der Waals surface area contributed by atoms with Gasteiger partial charge in [-0.2, -0.15) is 0 Å². The molecular formula is C18H26N2O2. The van der Waals surface area contributed by atoms with Crippen molar-refractivity contribution in [2.75, 3.05) is 25.1 Å². The van der Waals surface area contributed by atoms with Crippen LogP contribution >= 0.6 is 0 Å². The molecule has 3 rings (SSSR count). The van der Waals surface area contributed by atoms with Crippen LogP contribution in [-0.2, 0) is 22.5 Å². The number of carbonyl (C=O) groups excluding carboxylic acids is 1. The van der Waals surface area contributed by atoms with E-state index in [1.807, 2.05) is 0 Å². The number of rotatable bonds is 5. The van der Waals surface area contributed by atoms with Gasteiger partial charge in [0, 0.05) is 38.9 Å². The molecule has 1 aromatic rings. The molecule has 0 saturated carbocycles. The van der Waals surface area contributed by atoms with Crippen molar-refractivity contribution in [2.45, 2.75) is 51.2 Å². The lowest BCUT2D eigenvalue weighted by molar-refractivity contribution is -0.121. The average molecular weight is 302 g/mol. The van der Waals surface area contributed by atoms with Crippen LogP contribution in [-0.4, -0.2) is 32.2 Å². The third kappa shape index (κ3) is 3.80. The third-order valence-electron chi connectivity index (χ3n) is 4.70. The first-order chi connectivity index (χ1) is 10.7. The predicted octanol–water partition coefficient (Wildman–Crippen LogP) is 2.64. The number of carbonyl (C=O) groups is 1. The maximum Gasteiger partial charge on any atom is 0.220 e. The molecule has 4 heteroatoms. The Balaban J connectivity index is 1.47. The first-order valence-corrected chi connectivity index (χ1v) is 8.43. The molecule has 1 unspecified atom stereocenters. The number of nitrogens with zero attached hydrogens (tertiary/aromatic N) is 1. The van der Waals surface area contributed by atoms with Gasteiger partial charge in [-0.1, -0.05) is 12.1 Å². The quantitative estimate of drug-likeness (QED) is 0.909. The average Bonchev–Trinajstić information content (AvgIpc) is 3.04. The summed E-state index contributed by atoms with van der Waals surface area (Å²) in [6, 6.07) is 6.55. The van der Waals surface area contributed by atoms with E-state index in [9.17, 15) is 4.79 Å². The van der Waals surface area contributed by atoms with Crippen molar-refractivity contribution >= 4 is 11.6 Å². The Hall–Kier alpha value is -1.55. The number of nitrogens with one attached hydrogen (secondary N) is 1. The Labute approximate surface area is 132 Å². The lowest BCUT2D eigenvalue weighted by atomic mass is 9.99. The van der Waals surface area contributed by atoms with Gasteiger partial charge in [0.05, 0.1) is 6.10 Å². The van der Waals surface area contributed by atoms with Gasteiger partial charge in [0.15, 0.2) is 0 Å². The van der Waals surface area contributed by atoms with Crippen LogP contribution in [0, 0.1) is 0 Å². The summed E-state index contributed by atoms with van der Waals surface area (Å²) in [5.74, 6) is 0.130. The van der Waals surface area contributed by atoms with Crippen LogP contribution in [0.2, 0.25) is 0 Å². The largest absolute Gasteiger partial charge is 0.378 e. The SMILES string of the molecule is CN1CCCc2cc(CNC(=O)CCC3CCCO3)ccc21. The lowest BCUT2D eigenvalue weighted by Gasteiger charge is -2.27. The van der Waals surface area contributed by atoms with E-state index in [-0.39, 0.29) is 5.91 Å². The van der Waals surface area contributed by atoms with Gasteiger partial charge in [0.1, 0.15) is 0 Å². The molecule has 0 radical (unpaired) electrons. The molecule has 0 aromatic heterocycles. The summed E-state index contributed by atoms with van der Waals surface area (Å²) in [5, 5.41) is 3.03. The number of fused-ring (bicyclic) bond motifs is 1. The number of hydrogen-bond acceptors (Lipinski definition) is 3. The fraction of sp³-hybridized carbons (Fsp3) is 0.611. The maximum atomic E-state index is 11.9. The topological polar surface area (TPSA) is 41.6 Å². The summed E-state index contributed by atoms with van der Waals surface area (Å²) in [5.41, 5.74) is 3.93. The summed E-state index contributed by atoms with van der Waals surface area (Å²) in [7, 11) is 2.14.